The van der Waals surface area contributed by atoms with Crippen molar-refractivity contribution in [2.24, 2.45) is 0 Å². The quantitative estimate of drug-likeness (QED) is 0.840. The van der Waals surface area contributed by atoms with Crippen molar-refractivity contribution in [1.82, 2.24) is 9.80 Å². The fraction of sp³-hybridized carbons (Fsp3) is 0.429. The van der Waals surface area contributed by atoms with E-state index >= 15 is 0 Å². The van der Waals surface area contributed by atoms with Crippen LogP contribution in [0.2, 0.25) is 0 Å². The monoisotopic (exact) mass is 340 g/mol. The molecule has 0 radical (unpaired) electrons. The first-order valence-corrected chi connectivity index (χ1v) is 9.10. The third-order valence-electron chi connectivity index (χ3n) is 4.82. The van der Waals surface area contributed by atoms with Crippen LogP contribution in [-0.4, -0.2) is 54.7 Å². The lowest BCUT2D eigenvalue weighted by Gasteiger charge is -2.32. The minimum absolute atomic E-state index is 0.337. The van der Waals surface area contributed by atoms with Gasteiger partial charge in [0.1, 0.15) is 18.1 Å². The maximum Gasteiger partial charge on any atom is 0.123 e. The second-order valence-electron chi connectivity index (χ2n) is 6.81. The normalized spacial score (nSPS) is 16.0. The molecule has 0 unspecified atom stereocenters. The molecule has 0 amide bonds. The van der Waals surface area contributed by atoms with E-state index in [-0.39, 0.29) is 0 Å². The Morgan fingerprint density at radius 1 is 1.00 bits per heavy atom. The zero-order chi connectivity index (χ0) is 17.5. The van der Waals surface area contributed by atoms with Crippen LogP contribution in [0, 0.1) is 0 Å². The number of benzene rings is 2. The van der Waals surface area contributed by atoms with Crippen molar-refractivity contribution < 1.29 is 9.84 Å². The Hall–Kier alpha value is -2.04. The van der Waals surface area contributed by atoms with E-state index in [2.05, 4.69) is 16.8 Å². The Balaban J connectivity index is 1.45. The van der Waals surface area contributed by atoms with E-state index in [1.165, 1.54) is 0 Å². The number of rotatable bonds is 7. The molecule has 2 aromatic rings. The predicted octanol–water partition coefficient (Wildman–Crippen LogP) is 3.15. The van der Waals surface area contributed by atoms with Gasteiger partial charge in [-0.25, -0.2) is 0 Å². The van der Waals surface area contributed by atoms with Crippen molar-refractivity contribution in [2.45, 2.75) is 19.4 Å². The summed E-state index contributed by atoms with van der Waals surface area (Å²) in [5, 5.41) is 10.3. The first-order valence-electron chi connectivity index (χ1n) is 9.10. The lowest BCUT2D eigenvalue weighted by atomic mass is 10.1. The van der Waals surface area contributed by atoms with Gasteiger partial charge in [0.25, 0.3) is 0 Å². The summed E-state index contributed by atoms with van der Waals surface area (Å²) >= 11 is 0. The molecule has 3 rings (SSSR count). The highest BCUT2D eigenvalue weighted by atomic mass is 16.5. The minimum Gasteiger partial charge on any atom is -0.508 e. The predicted molar refractivity (Wildman–Crippen MR) is 101 cm³/mol. The first kappa shape index (κ1) is 17.8. The van der Waals surface area contributed by atoms with Gasteiger partial charge < -0.3 is 19.6 Å². The van der Waals surface area contributed by atoms with Crippen molar-refractivity contribution in [3.05, 3.63) is 59.7 Å². The fourth-order valence-electron chi connectivity index (χ4n) is 3.15. The molecule has 4 nitrogen and oxygen atoms in total. The Labute approximate surface area is 150 Å². The highest BCUT2D eigenvalue weighted by molar-refractivity contribution is 5.39. The zero-order valence-electron chi connectivity index (χ0n) is 15.0. The molecule has 1 fully saturated rings. The summed E-state index contributed by atoms with van der Waals surface area (Å²) in [5.74, 6) is 1.05. The Bertz CT molecular complexity index is 652. The van der Waals surface area contributed by atoms with Gasteiger partial charge in [-0.2, -0.15) is 0 Å². The van der Waals surface area contributed by atoms with E-state index in [1.807, 2.05) is 42.5 Å². The molecular weight excluding hydrogens is 312 g/mol. The fourth-order valence-corrected chi connectivity index (χ4v) is 3.15. The number of nitrogens with zero attached hydrogens (tertiary/aromatic N) is 2. The molecule has 1 saturated heterocycles. The number of hydrogen-bond donors (Lipinski definition) is 1. The second kappa shape index (κ2) is 8.88. The number of aromatic hydroxyl groups is 1. The van der Waals surface area contributed by atoms with E-state index in [4.69, 9.17) is 4.74 Å². The number of hydrogen-bond acceptors (Lipinski definition) is 4. The molecule has 1 aliphatic rings. The van der Waals surface area contributed by atoms with Gasteiger partial charge in [0, 0.05) is 32.2 Å². The summed E-state index contributed by atoms with van der Waals surface area (Å²) in [6, 6.07) is 15.7. The SMILES string of the molecule is CN1CCN(CCCc2ccc(OCc3ccccc3)cc2O)CC1. The van der Waals surface area contributed by atoms with Crippen molar-refractivity contribution in [1.29, 1.82) is 0 Å². The highest BCUT2D eigenvalue weighted by Crippen LogP contribution is 2.25. The minimum atomic E-state index is 0.337. The van der Waals surface area contributed by atoms with E-state index in [1.54, 1.807) is 6.07 Å². The maximum absolute atomic E-state index is 10.3. The van der Waals surface area contributed by atoms with Crippen molar-refractivity contribution >= 4 is 0 Å². The third-order valence-corrected chi connectivity index (χ3v) is 4.82. The van der Waals surface area contributed by atoms with Gasteiger partial charge in [0.15, 0.2) is 0 Å². The summed E-state index contributed by atoms with van der Waals surface area (Å²) in [5.41, 5.74) is 2.12. The Morgan fingerprint density at radius 3 is 2.48 bits per heavy atom. The van der Waals surface area contributed by atoms with Crippen LogP contribution in [0.25, 0.3) is 0 Å². The average Bonchev–Trinajstić information content (AvgIpc) is 2.64. The molecule has 0 aliphatic carbocycles. The lowest BCUT2D eigenvalue weighted by molar-refractivity contribution is 0.153. The molecule has 2 aromatic carbocycles. The topological polar surface area (TPSA) is 35.9 Å². The smallest absolute Gasteiger partial charge is 0.123 e. The molecular formula is C21H28N2O2. The standard InChI is InChI=1S/C21H28N2O2/c1-22-12-14-23(15-13-22)11-5-8-19-9-10-20(16-21(19)24)25-17-18-6-3-2-4-7-18/h2-4,6-7,9-10,16,24H,5,8,11-15,17H2,1H3. The highest BCUT2D eigenvalue weighted by Gasteiger charge is 2.13. The summed E-state index contributed by atoms with van der Waals surface area (Å²) in [6.07, 6.45) is 1.97. The van der Waals surface area contributed by atoms with Crippen LogP contribution in [0.1, 0.15) is 17.5 Å². The molecule has 25 heavy (non-hydrogen) atoms. The van der Waals surface area contributed by atoms with Gasteiger partial charge in [-0.15, -0.1) is 0 Å². The summed E-state index contributed by atoms with van der Waals surface area (Å²) in [4.78, 5) is 4.88. The molecule has 134 valence electrons. The molecule has 1 heterocycles. The van der Waals surface area contributed by atoms with E-state index in [9.17, 15) is 5.11 Å². The van der Waals surface area contributed by atoms with Crippen LogP contribution in [0.15, 0.2) is 48.5 Å². The third kappa shape index (κ3) is 5.48. The Morgan fingerprint density at radius 2 is 1.76 bits per heavy atom. The molecule has 1 aliphatic heterocycles. The van der Waals surface area contributed by atoms with Crippen molar-refractivity contribution in [2.75, 3.05) is 39.8 Å². The summed E-state index contributed by atoms with van der Waals surface area (Å²) < 4.78 is 5.76. The molecule has 4 heteroatoms. The van der Waals surface area contributed by atoms with E-state index < -0.39 is 0 Å². The number of ether oxygens (including phenoxy) is 1. The number of phenolic OH excluding ortho intramolecular Hbond substituents is 1. The largest absolute Gasteiger partial charge is 0.508 e. The van der Waals surface area contributed by atoms with Crippen molar-refractivity contribution in [3.63, 3.8) is 0 Å². The van der Waals surface area contributed by atoms with E-state index in [0.717, 1.165) is 56.7 Å². The number of likely N-dealkylation sites (N-methyl/N-ethyl adjacent to an activating group) is 1. The molecule has 0 saturated carbocycles. The van der Waals surface area contributed by atoms with Gasteiger partial charge in [0.2, 0.25) is 0 Å². The molecule has 1 N–H and O–H groups in total. The number of phenols is 1. The van der Waals surface area contributed by atoms with Gasteiger partial charge in [-0.3, -0.25) is 0 Å². The summed E-state index contributed by atoms with van der Waals surface area (Å²) in [7, 11) is 2.18. The molecule has 0 bridgehead atoms. The molecule has 0 aromatic heterocycles. The van der Waals surface area contributed by atoms with Crippen LogP contribution in [0.5, 0.6) is 11.5 Å². The van der Waals surface area contributed by atoms with Gasteiger partial charge in [0.05, 0.1) is 0 Å². The maximum atomic E-state index is 10.3. The first-order chi connectivity index (χ1) is 12.2. The number of aryl methyl sites for hydroxylation is 1. The van der Waals surface area contributed by atoms with Gasteiger partial charge in [-0.1, -0.05) is 36.4 Å². The van der Waals surface area contributed by atoms with Crippen LogP contribution in [-0.2, 0) is 13.0 Å². The molecule has 0 atom stereocenters. The second-order valence-corrected chi connectivity index (χ2v) is 6.81. The van der Waals surface area contributed by atoms with Gasteiger partial charge in [-0.05, 0) is 43.6 Å². The van der Waals surface area contributed by atoms with Crippen LogP contribution >= 0.6 is 0 Å². The Kier molecular flexibility index (Phi) is 6.31. The zero-order valence-corrected chi connectivity index (χ0v) is 15.0. The van der Waals surface area contributed by atoms with Crippen LogP contribution < -0.4 is 4.74 Å². The van der Waals surface area contributed by atoms with Crippen molar-refractivity contribution in [3.8, 4) is 11.5 Å². The van der Waals surface area contributed by atoms with Gasteiger partial charge >= 0.3 is 0 Å². The van der Waals surface area contributed by atoms with Crippen LogP contribution in [0.4, 0.5) is 0 Å². The number of piperazine rings is 1. The van der Waals surface area contributed by atoms with E-state index in [0.29, 0.717) is 18.1 Å². The average molecular weight is 340 g/mol. The summed E-state index contributed by atoms with van der Waals surface area (Å²) in [6.45, 7) is 6.21. The molecule has 0 spiro atoms. The van der Waals surface area contributed by atoms with Crippen LogP contribution in [0.3, 0.4) is 0 Å². The lowest BCUT2D eigenvalue weighted by Crippen LogP contribution is -2.44.